The van der Waals surface area contributed by atoms with Gasteiger partial charge in [-0.1, -0.05) is 23.4 Å². The molecule has 1 aliphatic heterocycles. The van der Waals surface area contributed by atoms with Crippen molar-refractivity contribution in [3.05, 3.63) is 11.2 Å². The Kier molecular flexibility index (Phi) is 4.88. The lowest BCUT2D eigenvalue weighted by Gasteiger charge is -2.22. The van der Waals surface area contributed by atoms with E-state index in [2.05, 4.69) is 15.3 Å². The molecule has 1 fully saturated rings. The van der Waals surface area contributed by atoms with Crippen LogP contribution < -0.4 is 10.1 Å². The van der Waals surface area contributed by atoms with Crippen molar-refractivity contribution in [1.82, 2.24) is 15.3 Å². The molecule has 0 radical (unpaired) electrons. The predicted molar refractivity (Wildman–Crippen MR) is 69.9 cm³/mol. The highest BCUT2D eigenvalue weighted by Gasteiger charge is 2.14. The standard InChI is InChI=1S/C11H16ClN3OS/c1-17-11-14-9(12)5-10(15-11)16-7-8-3-2-4-13-6-8/h5,8,13H,2-4,6-7H2,1H3/t8-/m0/s1. The molecule has 0 spiro atoms. The number of halogens is 1. The topological polar surface area (TPSA) is 47.0 Å². The van der Waals surface area contributed by atoms with Crippen molar-refractivity contribution in [3.8, 4) is 5.88 Å². The molecule has 1 saturated heterocycles. The Balaban J connectivity index is 1.91. The third-order valence-electron chi connectivity index (χ3n) is 2.70. The monoisotopic (exact) mass is 273 g/mol. The van der Waals surface area contributed by atoms with Crippen molar-refractivity contribution in [1.29, 1.82) is 0 Å². The quantitative estimate of drug-likeness (QED) is 0.518. The van der Waals surface area contributed by atoms with E-state index in [1.54, 1.807) is 6.07 Å². The van der Waals surface area contributed by atoms with Crippen LogP contribution in [0.25, 0.3) is 0 Å². The third-order valence-corrected chi connectivity index (χ3v) is 3.44. The SMILES string of the molecule is CSc1nc(Cl)cc(OC[C@H]2CCCNC2)n1. The van der Waals surface area contributed by atoms with E-state index in [1.165, 1.54) is 24.6 Å². The van der Waals surface area contributed by atoms with Crippen LogP contribution in [0.1, 0.15) is 12.8 Å². The van der Waals surface area contributed by atoms with Gasteiger partial charge in [0, 0.05) is 18.5 Å². The van der Waals surface area contributed by atoms with Crippen LogP contribution in [0, 0.1) is 5.92 Å². The van der Waals surface area contributed by atoms with Crippen LogP contribution in [0.2, 0.25) is 5.15 Å². The molecule has 1 aromatic rings. The average Bonchev–Trinajstić information content (AvgIpc) is 2.37. The van der Waals surface area contributed by atoms with E-state index in [0.29, 0.717) is 28.7 Å². The third kappa shape index (κ3) is 4.01. The van der Waals surface area contributed by atoms with Gasteiger partial charge >= 0.3 is 0 Å². The zero-order valence-corrected chi connectivity index (χ0v) is 11.4. The molecule has 2 rings (SSSR count). The zero-order chi connectivity index (χ0) is 12.1. The molecule has 0 aromatic carbocycles. The molecule has 0 aliphatic carbocycles. The van der Waals surface area contributed by atoms with Gasteiger partial charge in [0.1, 0.15) is 5.15 Å². The molecule has 4 nitrogen and oxygen atoms in total. The molecule has 0 amide bonds. The van der Waals surface area contributed by atoms with Crippen LogP contribution in [0.15, 0.2) is 11.2 Å². The molecule has 0 unspecified atom stereocenters. The van der Waals surface area contributed by atoms with Crippen molar-refractivity contribution in [2.24, 2.45) is 5.92 Å². The summed E-state index contributed by atoms with van der Waals surface area (Å²) in [7, 11) is 0. The number of piperidine rings is 1. The highest BCUT2D eigenvalue weighted by atomic mass is 35.5. The summed E-state index contributed by atoms with van der Waals surface area (Å²) in [5, 5.41) is 4.44. The first-order valence-corrected chi connectivity index (χ1v) is 7.30. The maximum Gasteiger partial charge on any atom is 0.218 e. The number of nitrogens with zero attached hydrogens (tertiary/aromatic N) is 2. The van der Waals surface area contributed by atoms with Crippen LogP contribution in [0.4, 0.5) is 0 Å². The van der Waals surface area contributed by atoms with Crippen LogP contribution in [0.3, 0.4) is 0 Å². The summed E-state index contributed by atoms with van der Waals surface area (Å²) in [6, 6.07) is 1.66. The van der Waals surface area contributed by atoms with Crippen LogP contribution in [-0.4, -0.2) is 35.9 Å². The molecule has 1 N–H and O–H groups in total. The van der Waals surface area contributed by atoms with Crippen molar-refractivity contribution in [2.45, 2.75) is 18.0 Å². The fourth-order valence-corrected chi connectivity index (χ4v) is 2.41. The summed E-state index contributed by atoms with van der Waals surface area (Å²) in [5.41, 5.74) is 0. The molecule has 1 aromatic heterocycles. The Hall–Kier alpha value is -0.520. The van der Waals surface area contributed by atoms with Gasteiger partial charge in [0.25, 0.3) is 0 Å². The Bertz CT molecular complexity index is 372. The van der Waals surface area contributed by atoms with Gasteiger partial charge in [-0.05, 0) is 25.6 Å². The van der Waals surface area contributed by atoms with Gasteiger partial charge in [0.15, 0.2) is 5.16 Å². The minimum Gasteiger partial charge on any atom is -0.477 e. The highest BCUT2D eigenvalue weighted by Crippen LogP contribution is 2.20. The second-order valence-electron chi connectivity index (χ2n) is 4.04. The highest BCUT2D eigenvalue weighted by molar-refractivity contribution is 7.98. The maximum atomic E-state index is 5.89. The molecular formula is C11H16ClN3OS. The minimum absolute atomic E-state index is 0.432. The summed E-state index contributed by atoms with van der Waals surface area (Å²) in [4.78, 5) is 8.33. The van der Waals surface area contributed by atoms with Crippen molar-refractivity contribution < 1.29 is 4.74 Å². The van der Waals surface area contributed by atoms with Gasteiger partial charge < -0.3 is 10.1 Å². The molecule has 0 bridgehead atoms. The van der Waals surface area contributed by atoms with Crippen LogP contribution in [0.5, 0.6) is 5.88 Å². The molecule has 17 heavy (non-hydrogen) atoms. The van der Waals surface area contributed by atoms with Gasteiger partial charge in [-0.3, -0.25) is 0 Å². The molecule has 0 saturated carbocycles. The van der Waals surface area contributed by atoms with Crippen LogP contribution >= 0.6 is 23.4 Å². The largest absolute Gasteiger partial charge is 0.477 e. The van der Waals surface area contributed by atoms with E-state index in [1.807, 2.05) is 6.26 Å². The lowest BCUT2D eigenvalue weighted by atomic mass is 10.0. The first-order valence-electron chi connectivity index (χ1n) is 5.70. The normalized spacial score (nSPS) is 20.2. The molecule has 2 heterocycles. The summed E-state index contributed by atoms with van der Waals surface area (Å²) in [6.45, 7) is 2.83. The molecule has 94 valence electrons. The average molecular weight is 274 g/mol. The van der Waals surface area contributed by atoms with E-state index >= 15 is 0 Å². The summed E-state index contributed by atoms with van der Waals surface area (Å²) < 4.78 is 5.68. The number of aromatic nitrogens is 2. The first-order chi connectivity index (χ1) is 8.28. The van der Waals surface area contributed by atoms with Crippen molar-refractivity contribution >= 4 is 23.4 Å². The van der Waals surface area contributed by atoms with E-state index < -0.39 is 0 Å². The number of thioether (sulfide) groups is 1. The van der Waals surface area contributed by atoms with Gasteiger partial charge in [0.2, 0.25) is 5.88 Å². The summed E-state index contributed by atoms with van der Waals surface area (Å²) in [5.74, 6) is 1.13. The molecular weight excluding hydrogens is 258 g/mol. The molecule has 1 atom stereocenters. The second-order valence-corrected chi connectivity index (χ2v) is 5.20. The summed E-state index contributed by atoms with van der Waals surface area (Å²) >= 11 is 7.35. The van der Waals surface area contributed by atoms with E-state index in [9.17, 15) is 0 Å². The Morgan fingerprint density at radius 2 is 2.47 bits per heavy atom. The predicted octanol–water partition coefficient (Wildman–Crippen LogP) is 2.23. The van der Waals surface area contributed by atoms with E-state index in [-0.39, 0.29) is 0 Å². The zero-order valence-electron chi connectivity index (χ0n) is 9.78. The lowest BCUT2D eigenvalue weighted by molar-refractivity contribution is 0.210. The number of nitrogens with one attached hydrogen (secondary N) is 1. The number of rotatable bonds is 4. The van der Waals surface area contributed by atoms with E-state index in [4.69, 9.17) is 16.3 Å². The Morgan fingerprint density at radius 3 is 3.18 bits per heavy atom. The number of ether oxygens (including phenoxy) is 1. The van der Waals surface area contributed by atoms with Crippen molar-refractivity contribution in [2.75, 3.05) is 26.0 Å². The summed E-state index contributed by atoms with van der Waals surface area (Å²) in [6.07, 6.45) is 4.34. The number of hydrogen-bond donors (Lipinski definition) is 1. The molecule has 1 aliphatic rings. The maximum absolute atomic E-state index is 5.89. The molecule has 6 heteroatoms. The number of hydrogen-bond acceptors (Lipinski definition) is 5. The van der Waals surface area contributed by atoms with Gasteiger partial charge in [-0.15, -0.1) is 0 Å². The van der Waals surface area contributed by atoms with Gasteiger partial charge in [-0.25, -0.2) is 4.98 Å². The minimum atomic E-state index is 0.432. The lowest BCUT2D eigenvalue weighted by Crippen LogP contribution is -2.33. The fraction of sp³-hybridized carbons (Fsp3) is 0.636. The first kappa shape index (κ1) is 12.9. The van der Waals surface area contributed by atoms with Gasteiger partial charge in [0.05, 0.1) is 6.61 Å². The van der Waals surface area contributed by atoms with Gasteiger partial charge in [-0.2, -0.15) is 4.98 Å². The Morgan fingerprint density at radius 1 is 1.59 bits per heavy atom. The second kappa shape index (κ2) is 6.42. The van der Waals surface area contributed by atoms with Crippen LogP contribution in [-0.2, 0) is 0 Å². The smallest absolute Gasteiger partial charge is 0.218 e. The van der Waals surface area contributed by atoms with Crippen molar-refractivity contribution in [3.63, 3.8) is 0 Å². The fourth-order valence-electron chi connectivity index (χ4n) is 1.81. The Labute approximate surface area is 111 Å². The van der Waals surface area contributed by atoms with E-state index in [0.717, 1.165) is 13.1 Å².